The van der Waals surface area contributed by atoms with Crippen LogP contribution in [0.5, 0.6) is 5.75 Å². The molecule has 1 aliphatic heterocycles. The largest absolute Gasteiger partial charge is 0.872 e. The van der Waals surface area contributed by atoms with Crippen LogP contribution in [0, 0.1) is 0 Å². The standard InChI is InChI=1S/C33H31O5/c1-32(2,3)22-17-19(18-23(29(22)34)33(4,5)6)26(27-20-13-9-7-11-15-24(20)37-30(27)35)28-21-14-10-8-12-16-25(21)38-31(28)36/h7-18,34H,1-6H3/q-1/p-1. The summed E-state index contributed by atoms with van der Waals surface area (Å²) < 4.78 is 11.4. The van der Waals surface area contributed by atoms with Crippen LogP contribution < -0.4 is 27.0 Å². The summed E-state index contributed by atoms with van der Waals surface area (Å²) in [6.07, 6.45) is 9.00. The summed E-state index contributed by atoms with van der Waals surface area (Å²) in [4.78, 5) is 27.0. The zero-order valence-electron chi connectivity index (χ0n) is 22.5. The van der Waals surface area contributed by atoms with Gasteiger partial charge in [0.05, 0.1) is 5.42 Å². The highest BCUT2D eigenvalue weighted by Gasteiger charge is 2.26. The van der Waals surface area contributed by atoms with Crippen molar-refractivity contribution < 1.29 is 13.9 Å². The molecule has 0 saturated carbocycles. The molecule has 0 atom stereocenters. The number of furan rings is 2. The van der Waals surface area contributed by atoms with Crippen LogP contribution >= 0.6 is 0 Å². The SMILES string of the molecule is CC(C)(C)c1cc(C(c2c3cccccc-3oc2=O)=c2c(=O)oc3[c-]2C=CC=CC=3)cc(C(C)(C)C)c1[O-]. The lowest BCUT2D eigenvalue weighted by atomic mass is 9.77. The molecule has 2 aromatic rings. The fraction of sp³-hybridized carbons (Fsp3) is 0.242. The van der Waals surface area contributed by atoms with Crippen LogP contribution in [0.4, 0.5) is 0 Å². The van der Waals surface area contributed by atoms with Gasteiger partial charge in [0.15, 0.2) is 0 Å². The summed E-state index contributed by atoms with van der Waals surface area (Å²) in [7, 11) is 0. The second-order valence-corrected chi connectivity index (χ2v) is 11.7. The van der Waals surface area contributed by atoms with E-state index in [9.17, 15) is 14.7 Å². The third-order valence-electron chi connectivity index (χ3n) is 6.84. The van der Waals surface area contributed by atoms with Gasteiger partial charge in [0.2, 0.25) is 0 Å². The monoisotopic (exact) mass is 506 g/mol. The predicted molar refractivity (Wildman–Crippen MR) is 149 cm³/mol. The smallest absolute Gasteiger partial charge is 0.337 e. The van der Waals surface area contributed by atoms with E-state index in [4.69, 9.17) is 8.83 Å². The first-order valence-corrected chi connectivity index (χ1v) is 12.7. The van der Waals surface area contributed by atoms with Crippen molar-refractivity contribution in [2.45, 2.75) is 52.4 Å². The Kier molecular flexibility index (Phi) is 5.98. The number of benzene rings is 1. The minimum absolute atomic E-state index is 0.0373. The van der Waals surface area contributed by atoms with Gasteiger partial charge in [0, 0.05) is 11.1 Å². The van der Waals surface area contributed by atoms with Gasteiger partial charge in [-0.3, -0.25) is 4.79 Å². The molecule has 2 heterocycles. The molecule has 0 N–H and O–H groups in total. The average molecular weight is 507 g/mol. The van der Waals surface area contributed by atoms with E-state index in [0.717, 1.165) is 0 Å². The van der Waals surface area contributed by atoms with Crippen LogP contribution in [0.1, 0.15) is 69.4 Å². The molecule has 3 aliphatic rings. The summed E-state index contributed by atoms with van der Waals surface area (Å²) in [6, 6.07) is 12.6. The van der Waals surface area contributed by atoms with Gasteiger partial charge in [-0.15, -0.1) is 24.0 Å². The highest BCUT2D eigenvalue weighted by atomic mass is 16.4. The second-order valence-electron chi connectivity index (χ2n) is 11.7. The van der Waals surface area contributed by atoms with Crippen molar-refractivity contribution in [2.75, 3.05) is 0 Å². The Hall–Kier alpha value is -4.25. The Labute approximate surface area is 221 Å². The van der Waals surface area contributed by atoms with E-state index in [1.807, 2.05) is 78.0 Å². The van der Waals surface area contributed by atoms with Gasteiger partial charge in [0.1, 0.15) is 5.76 Å². The summed E-state index contributed by atoms with van der Waals surface area (Å²) in [5.41, 5.74) is 1.95. The van der Waals surface area contributed by atoms with Crippen LogP contribution in [0.25, 0.3) is 29.0 Å². The molecule has 0 bridgehead atoms. The number of hydrogen-bond acceptors (Lipinski definition) is 5. The van der Waals surface area contributed by atoms with Crippen molar-refractivity contribution in [2.24, 2.45) is 0 Å². The average Bonchev–Trinajstić information content (AvgIpc) is 3.07. The minimum Gasteiger partial charge on any atom is -0.872 e. The van der Waals surface area contributed by atoms with E-state index in [0.29, 0.717) is 44.6 Å². The molecule has 5 rings (SSSR count). The lowest BCUT2D eigenvalue weighted by Crippen LogP contribution is -2.28. The summed E-state index contributed by atoms with van der Waals surface area (Å²) in [5.74, 6) is 0.371. The van der Waals surface area contributed by atoms with Crippen LogP contribution in [0.2, 0.25) is 0 Å². The highest BCUT2D eigenvalue weighted by Crippen LogP contribution is 2.41. The number of allylic oxidation sites excluding steroid dienone is 3. The van der Waals surface area contributed by atoms with Gasteiger partial charge in [-0.1, -0.05) is 107 Å². The van der Waals surface area contributed by atoms with Crippen molar-refractivity contribution >= 4 is 17.7 Å². The van der Waals surface area contributed by atoms with Crippen LogP contribution in [0.3, 0.4) is 0 Å². The molecule has 5 heteroatoms. The molecular formula is C33H30O5-2. The number of rotatable bonds is 2. The van der Waals surface area contributed by atoms with E-state index in [1.165, 1.54) is 0 Å². The second kappa shape index (κ2) is 8.95. The van der Waals surface area contributed by atoms with Gasteiger partial charge in [-0.05, 0) is 33.2 Å². The van der Waals surface area contributed by atoms with Crippen molar-refractivity contribution in [3.63, 3.8) is 0 Å². The molecule has 1 aromatic carbocycles. The van der Waals surface area contributed by atoms with Crippen molar-refractivity contribution in [3.05, 3.63) is 120 Å². The van der Waals surface area contributed by atoms with Crippen molar-refractivity contribution in [1.82, 2.24) is 0 Å². The summed E-state index contributed by atoms with van der Waals surface area (Å²) in [6.45, 7) is 11.9. The quantitative estimate of drug-likeness (QED) is 0.368. The Morgan fingerprint density at radius 3 is 2.13 bits per heavy atom. The summed E-state index contributed by atoms with van der Waals surface area (Å²) >= 11 is 0. The normalized spacial score (nSPS) is 14.3. The zero-order valence-corrected chi connectivity index (χ0v) is 22.5. The highest BCUT2D eigenvalue weighted by molar-refractivity contribution is 5.89. The molecule has 194 valence electrons. The first-order valence-electron chi connectivity index (χ1n) is 12.7. The zero-order chi connectivity index (χ0) is 27.4. The van der Waals surface area contributed by atoms with Gasteiger partial charge in [0.25, 0.3) is 5.63 Å². The maximum Gasteiger partial charge on any atom is 0.337 e. The topological polar surface area (TPSA) is 83.5 Å². The molecule has 2 aliphatic carbocycles. The van der Waals surface area contributed by atoms with E-state index >= 15 is 0 Å². The first kappa shape index (κ1) is 25.4. The van der Waals surface area contributed by atoms with Crippen LogP contribution in [0.15, 0.2) is 79.1 Å². The Balaban J connectivity index is 2.05. The maximum absolute atomic E-state index is 13.7. The molecule has 0 spiro atoms. The molecular weight excluding hydrogens is 476 g/mol. The Morgan fingerprint density at radius 1 is 0.816 bits per heavy atom. The Morgan fingerprint density at radius 2 is 1.47 bits per heavy atom. The molecule has 0 saturated heterocycles. The van der Waals surface area contributed by atoms with Gasteiger partial charge in [-0.2, -0.15) is 0 Å². The summed E-state index contributed by atoms with van der Waals surface area (Å²) in [5, 5.41) is 13.9. The van der Waals surface area contributed by atoms with E-state index in [2.05, 4.69) is 0 Å². The maximum atomic E-state index is 13.7. The molecule has 0 unspecified atom stereocenters. The van der Waals surface area contributed by atoms with Crippen molar-refractivity contribution in [1.29, 1.82) is 0 Å². The van der Waals surface area contributed by atoms with Crippen LogP contribution in [-0.2, 0) is 10.8 Å². The predicted octanol–water partition coefficient (Wildman–Crippen LogP) is 4.70. The fourth-order valence-electron chi connectivity index (χ4n) is 4.95. The Bertz CT molecular complexity index is 1790. The van der Waals surface area contributed by atoms with E-state index in [-0.39, 0.29) is 16.5 Å². The lowest BCUT2D eigenvalue weighted by molar-refractivity contribution is -0.271. The van der Waals surface area contributed by atoms with Crippen LogP contribution in [-0.4, -0.2) is 0 Å². The molecule has 0 fully saturated rings. The number of hydrogen-bond donors (Lipinski definition) is 0. The minimum atomic E-state index is -0.559. The first-order chi connectivity index (χ1) is 17.9. The fourth-order valence-corrected chi connectivity index (χ4v) is 4.95. The third-order valence-corrected chi connectivity index (χ3v) is 6.84. The molecule has 0 radical (unpaired) electrons. The molecule has 38 heavy (non-hydrogen) atoms. The third kappa shape index (κ3) is 4.28. The van der Waals surface area contributed by atoms with E-state index < -0.39 is 22.1 Å². The number of fused-ring (bicyclic) bond motifs is 2. The van der Waals surface area contributed by atoms with Gasteiger partial charge in [-0.25, -0.2) is 4.79 Å². The lowest BCUT2D eigenvalue weighted by Gasteiger charge is -2.34. The van der Waals surface area contributed by atoms with E-state index in [1.54, 1.807) is 36.4 Å². The molecule has 5 nitrogen and oxygen atoms in total. The molecule has 1 aromatic heterocycles. The van der Waals surface area contributed by atoms with Crippen molar-refractivity contribution in [3.8, 4) is 17.1 Å². The molecule has 0 amide bonds. The van der Waals surface area contributed by atoms with Gasteiger partial charge >= 0.3 is 5.63 Å². The van der Waals surface area contributed by atoms with Gasteiger partial charge < -0.3 is 13.9 Å².